The topological polar surface area (TPSA) is 69.4 Å². The maximum atomic E-state index is 12.5. The first-order valence-electron chi connectivity index (χ1n) is 14.9. The molecule has 2 fully saturated rings. The Balaban J connectivity index is 1.30. The van der Waals surface area contributed by atoms with Gasteiger partial charge in [-0.15, -0.1) is 0 Å². The Morgan fingerprint density at radius 2 is 1.93 bits per heavy atom. The Morgan fingerprint density at radius 1 is 1.12 bits per heavy atom. The third-order valence-corrected chi connectivity index (χ3v) is 9.06. The first kappa shape index (κ1) is 28.0. The second-order valence-electron chi connectivity index (χ2n) is 11.9. The van der Waals surface area contributed by atoms with Gasteiger partial charge in [-0.05, 0) is 56.8 Å². The predicted octanol–water partition coefficient (Wildman–Crippen LogP) is 4.03. The summed E-state index contributed by atoms with van der Waals surface area (Å²) >= 11 is 0. The molecule has 1 aromatic heterocycles. The Morgan fingerprint density at radius 3 is 2.71 bits per heavy atom. The highest BCUT2D eigenvalue weighted by molar-refractivity contribution is 5.94. The standard InChI is InChI=1S/C33H39N7O2/c1-5-31(41)40-16-15-39(20-26(40)19-34-2)32-28-13-14-38(30-12-8-10-24-9-6-7-11-27(24)30)21-29(28)35-33(36-32)42-22-23-17-25(18-23)37(3)4/h5-12,23,25-26H,1,13-22H2,3-4H3. The van der Waals surface area contributed by atoms with E-state index in [1.54, 1.807) is 4.90 Å². The van der Waals surface area contributed by atoms with Gasteiger partial charge >= 0.3 is 6.01 Å². The van der Waals surface area contributed by atoms with Crippen molar-refractivity contribution in [3.8, 4) is 6.01 Å². The van der Waals surface area contributed by atoms with Gasteiger partial charge in [0.05, 0.1) is 18.8 Å². The van der Waals surface area contributed by atoms with Crippen LogP contribution in [0.5, 0.6) is 6.01 Å². The molecule has 218 valence electrons. The molecular weight excluding hydrogens is 526 g/mol. The fourth-order valence-corrected chi connectivity index (χ4v) is 6.57. The van der Waals surface area contributed by atoms with Crippen molar-refractivity contribution in [1.29, 1.82) is 0 Å². The molecular formula is C33H39N7O2. The molecule has 0 radical (unpaired) electrons. The number of benzene rings is 2. The van der Waals surface area contributed by atoms with Crippen LogP contribution in [0.3, 0.4) is 0 Å². The summed E-state index contributed by atoms with van der Waals surface area (Å²) in [5.41, 5.74) is 3.33. The van der Waals surface area contributed by atoms with Gasteiger partial charge in [0.2, 0.25) is 12.5 Å². The molecule has 9 nitrogen and oxygen atoms in total. The third-order valence-electron chi connectivity index (χ3n) is 9.06. The monoisotopic (exact) mass is 565 g/mol. The van der Waals surface area contributed by atoms with Crippen molar-refractivity contribution in [2.75, 3.05) is 63.2 Å². The van der Waals surface area contributed by atoms with Gasteiger partial charge in [0.15, 0.2) is 0 Å². The Bertz CT molecular complexity index is 1500. The van der Waals surface area contributed by atoms with Crippen LogP contribution in [-0.4, -0.2) is 91.2 Å². The number of piperazine rings is 1. The molecule has 2 aliphatic heterocycles. The van der Waals surface area contributed by atoms with Gasteiger partial charge in [-0.2, -0.15) is 9.97 Å². The van der Waals surface area contributed by atoms with E-state index in [4.69, 9.17) is 21.3 Å². The summed E-state index contributed by atoms with van der Waals surface area (Å²) in [4.78, 5) is 34.8. The molecule has 1 amide bonds. The van der Waals surface area contributed by atoms with Gasteiger partial charge in [-0.25, -0.2) is 6.57 Å². The number of fused-ring (bicyclic) bond motifs is 2. The van der Waals surface area contributed by atoms with Crippen LogP contribution in [0.1, 0.15) is 24.1 Å². The molecule has 1 saturated carbocycles. The average Bonchev–Trinajstić information content (AvgIpc) is 2.99. The van der Waals surface area contributed by atoms with E-state index >= 15 is 0 Å². The highest BCUT2D eigenvalue weighted by Gasteiger charge is 2.35. The molecule has 1 unspecified atom stereocenters. The molecule has 2 aromatic carbocycles. The normalized spacial score (nSPS) is 22.0. The number of hydrogen-bond acceptors (Lipinski definition) is 7. The van der Waals surface area contributed by atoms with Crippen LogP contribution < -0.4 is 14.5 Å². The maximum Gasteiger partial charge on any atom is 0.318 e. The molecule has 1 aliphatic carbocycles. The number of rotatable bonds is 8. The van der Waals surface area contributed by atoms with Gasteiger partial charge in [0.1, 0.15) is 11.9 Å². The van der Waals surface area contributed by atoms with E-state index in [1.165, 1.54) is 22.5 Å². The fraction of sp³-hybridized carbons (Fsp3) is 0.455. The summed E-state index contributed by atoms with van der Waals surface area (Å²) in [6.45, 7) is 15.2. The number of carbonyl (C=O) groups is 1. The van der Waals surface area contributed by atoms with Crippen LogP contribution in [0, 0.1) is 12.5 Å². The van der Waals surface area contributed by atoms with Crippen LogP contribution in [0.2, 0.25) is 0 Å². The summed E-state index contributed by atoms with van der Waals surface area (Å²) < 4.78 is 6.29. The summed E-state index contributed by atoms with van der Waals surface area (Å²) in [5, 5.41) is 2.46. The largest absolute Gasteiger partial charge is 0.463 e. The van der Waals surface area contributed by atoms with E-state index in [1.807, 2.05) is 0 Å². The first-order chi connectivity index (χ1) is 20.4. The molecule has 9 heteroatoms. The fourth-order valence-electron chi connectivity index (χ4n) is 6.57. The highest BCUT2D eigenvalue weighted by Crippen LogP contribution is 2.35. The van der Waals surface area contributed by atoms with Crippen molar-refractivity contribution in [3.63, 3.8) is 0 Å². The van der Waals surface area contributed by atoms with Crippen molar-refractivity contribution >= 4 is 28.2 Å². The molecule has 0 bridgehead atoms. The van der Waals surface area contributed by atoms with E-state index in [9.17, 15) is 4.79 Å². The van der Waals surface area contributed by atoms with Crippen molar-refractivity contribution in [3.05, 3.63) is 77.8 Å². The Labute approximate surface area is 248 Å². The van der Waals surface area contributed by atoms with Crippen molar-refractivity contribution in [2.24, 2.45) is 5.92 Å². The first-order valence-corrected chi connectivity index (χ1v) is 14.9. The smallest absolute Gasteiger partial charge is 0.318 e. The van der Waals surface area contributed by atoms with Crippen molar-refractivity contribution in [1.82, 2.24) is 19.8 Å². The number of hydrogen-bond donors (Lipinski definition) is 0. The van der Waals surface area contributed by atoms with E-state index in [2.05, 4.69) is 82.7 Å². The number of carbonyl (C=O) groups excluding carboxylic acids is 1. The van der Waals surface area contributed by atoms with Crippen LogP contribution in [0.25, 0.3) is 15.6 Å². The number of nitrogens with zero attached hydrogens (tertiary/aromatic N) is 7. The zero-order valence-corrected chi connectivity index (χ0v) is 24.6. The average molecular weight is 566 g/mol. The second kappa shape index (κ2) is 12.0. The Hall–Kier alpha value is -4.16. The van der Waals surface area contributed by atoms with Crippen molar-refractivity contribution in [2.45, 2.75) is 37.9 Å². The molecule has 0 spiro atoms. The molecule has 3 aliphatic rings. The molecule has 0 N–H and O–H groups in total. The second-order valence-corrected chi connectivity index (χ2v) is 11.9. The number of amides is 1. The van der Waals surface area contributed by atoms with Crippen LogP contribution in [0.4, 0.5) is 11.5 Å². The zero-order chi connectivity index (χ0) is 29.2. The molecule has 3 aromatic rings. The summed E-state index contributed by atoms with van der Waals surface area (Å²) in [6.07, 6.45) is 4.39. The molecule has 1 saturated heterocycles. The zero-order valence-electron chi connectivity index (χ0n) is 24.6. The van der Waals surface area contributed by atoms with Gasteiger partial charge < -0.3 is 29.2 Å². The summed E-state index contributed by atoms with van der Waals surface area (Å²) in [6, 6.07) is 15.8. The lowest BCUT2D eigenvalue weighted by molar-refractivity contribution is -0.128. The lowest BCUT2D eigenvalue weighted by Gasteiger charge is -2.41. The number of ether oxygens (including phenoxy) is 1. The minimum absolute atomic E-state index is 0.126. The predicted molar refractivity (Wildman–Crippen MR) is 166 cm³/mol. The van der Waals surface area contributed by atoms with Gasteiger partial charge in [-0.3, -0.25) is 4.79 Å². The van der Waals surface area contributed by atoms with E-state index in [0.29, 0.717) is 50.8 Å². The van der Waals surface area contributed by atoms with Crippen molar-refractivity contribution < 1.29 is 9.53 Å². The van der Waals surface area contributed by atoms with Gasteiger partial charge in [0, 0.05) is 48.9 Å². The lowest BCUT2D eigenvalue weighted by Crippen LogP contribution is -2.56. The minimum atomic E-state index is -0.217. The molecule has 42 heavy (non-hydrogen) atoms. The maximum absolute atomic E-state index is 12.5. The number of aromatic nitrogens is 2. The van der Waals surface area contributed by atoms with Crippen LogP contribution in [-0.2, 0) is 17.8 Å². The van der Waals surface area contributed by atoms with Crippen LogP contribution >= 0.6 is 0 Å². The summed E-state index contributed by atoms with van der Waals surface area (Å²) in [5.74, 6) is 1.26. The quantitative estimate of drug-likeness (QED) is 0.302. The minimum Gasteiger partial charge on any atom is -0.463 e. The van der Waals surface area contributed by atoms with E-state index < -0.39 is 0 Å². The molecule has 6 rings (SSSR count). The SMILES string of the molecule is [C-]#[N+]CC1CN(c2nc(OCC3CC(N(C)C)C3)nc3c2CCN(c2cccc4ccccc24)C3)CCN1C(=O)C=C. The van der Waals surface area contributed by atoms with E-state index in [0.717, 1.165) is 42.9 Å². The summed E-state index contributed by atoms with van der Waals surface area (Å²) in [7, 11) is 4.26. The van der Waals surface area contributed by atoms with Gasteiger partial charge in [0.25, 0.3) is 0 Å². The van der Waals surface area contributed by atoms with Crippen LogP contribution in [0.15, 0.2) is 55.1 Å². The molecule has 1 atom stereocenters. The highest BCUT2D eigenvalue weighted by atomic mass is 16.5. The third kappa shape index (κ3) is 5.51. The Kier molecular flexibility index (Phi) is 7.98. The lowest BCUT2D eigenvalue weighted by atomic mass is 9.80. The molecule has 3 heterocycles. The van der Waals surface area contributed by atoms with Gasteiger partial charge in [-0.1, -0.05) is 43.0 Å². The number of anilines is 2. The van der Waals surface area contributed by atoms with E-state index in [-0.39, 0.29) is 18.5 Å².